The highest BCUT2D eigenvalue weighted by atomic mass is 16.8. The third-order valence-electron chi connectivity index (χ3n) is 18.2. The first-order valence-electron chi connectivity index (χ1n) is 40.8. The van der Waals surface area contributed by atoms with E-state index in [1.165, 1.54) is 360 Å². The number of unbranched alkanes of at least 4 members (excludes halogenated alkanes) is 52. The molecule has 0 bridgehead atoms. The molecule has 0 N–H and O–H groups in total. The first-order valence-corrected chi connectivity index (χ1v) is 40.8. The van der Waals surface area contributed by atoms with E-state index in [1.54, 1.807) is 0 Å². The summed E-state index contributed by atoms with van der Waals surface area (Å²) in [7, 11) is 0. The number of allylic oxidation sites excluding steroid dienone is 2. The van der Waals surface area contributed by atoms with Crippen LogP contribution in [0.15, 0.2) is 24.3 Å². The molecule has 89 heavy (non-hydrogen) atoms. The molecule has 0 radical (unpaired) electrons. The Hall–Kier alpha value is -0.800. The molecule has 0 aromatic heterocycles. The molecule has 0 aliphatic carbocycles. The SMILES string of the molecule is CCCCCCCCCCOC(C=CCCCCCCCCCCCC(OCCCCCCCC)OCCCCCCCC)OC(C=CCCCCCCCCCCCC(OCCCCCCCC)OCCCCCCCC)OCCCCCCCCCC. The summed E-state index contributed by atoms with van der Waals surface area (Å²) in [5.41, 5.74) is 0. The van der Waals surface area contributed by atoms with Crippen molar-refractivity contribution in [1.29, 1.82) is 0 Å². The van der Waals surface area contributed by atoms with Gasteiger partial charge in [-0.25, -0.2) is 0 Å². The summed E-state index contributed by atoms with van der Waals surface area (Å²) in [6.07, 6.45) is 88.1. The highest BCUT2D eigenvalue weighted by molar-refractivity contribution is 4.90. The molecule has 7 nitrogen and oxygen atoms in total. The number of hydrogen-bond acceptors (Lipinski definition) is 7. The van der Waals surface area contributed by atoms with Gasteiger partial charge in [-0.15, -0.1) is 0 Å². The van der Waals surface area contributed by atoms with E-state index < -0.39 is 0 Å². The number of ether oxygens (including phenoxy) is 7. The van der Waals surface area contributed by atoms with Crippen LogP contribution in [0.1, 0.15) is 440 Å². The van der Waals surface area contributed by atoms with Crippen molar-refractivity contribution < 1.29 is 33.2 Å². The molecule has 0 fully saturated rings. The standard InChI is InChI=1S/C82H162O7/c1-7-13-19-25-31-47-57-67-77-87-81(71-61-51-45-41-37-33-35-39-43-49-59-69-79(83-73-63-53-27-21-15-9-3)84-74-64-54-28-22-16-10-4)89-82(88-78-68-58-48-32-26-20-14-8-2)72-62-52-46-42-38-34-36-40-44-50-60-70-80(85-75-65-55-29-23-17-11-5)86-76-66-56-30-24-18-12-6/h61-62,71-72,79-82H,7-60,63-70,73-78H2,1-6H3. The van der Waals surface area contributed by atoms with Crippen molar-refractivity contribution in [3.63, 3.8) is 0 Å². The number of rotatable bonds is 80. The summed E-state index contributed by atoms with van der Waals surface area (Å²) in [6, 6.07) is 0. The zero-order chi connectivity index (χ0) is 64.2. The van der Waals surface area contributed by atoms with Gasteiger partial charge in [0.15, 0.2) is 25.2 Å². The van der Waals surface area contributed by atoms with E-state index in [9.17, 15) is 0 Å². The van der Waals surface area contributed by atoms with Crippen LogP contribution >= 0.6 is 0 Å². The van der Waals surface area contributed by atoms with E-state index in [2.05, 4.69) is 65.8 Å². The summed E-state index contributed by atoms with van der Waals surface area (Å²) >= 11 is 0. The maximum absolute atomic E-state index is 6.72. The second-order valence-electron chi connectivity index (χ2n) is 27.4. The van der Waals surface area contributed by atoms with Gasteiger partial charge in [-0.3, -0.25) is 0 Å². The van der Waals surface area contributed by atoms with Crippen molar-refractivity contribution in [2.24, 2.45) is 0 Å². The fourth-order valence-corrected chi connectivity index (χ4v) is 12.1. The lowest BCUT2D eigenvalue weighted by atomic mass is 10.1. The normalized spacial score (nSPS) is 12.9. The minimum absolute atomic E-state index is 0.00726. The Morgan fingerprint density at radius 3 is 0.596 bits per heavy atom. The molecule has 2 unspecified atom stereocenters. The lowest BCUT2D eigenvalue weighted by molar-refractivity contribution is -0.208. The lowest BCUT2D eigenvalue weighted by Gasteiger charge is -2.22. The Bertz CT molecular complexity index is 1180. The third-order valence-corrected chi connectivity index (χ3v) is 18.2. The van der Waals surface area contributed by atoms with Gasteiger partial charge in [0.25, 0.3) is 0 Å². The predicted octanol–water partition coefficient (Wildman–Crippen LogP) is 27.8. The largest absolute Gasteiger partial charge is 0.353 e. The maximum Gasteiger partial charge on any atom is 0.180 e. The Morgan fingerprint density at radius 1 is 0.191 bits per heavy atom. The summed E-state index contributed by atoms with van der Waals surface area (Å²) in [6.45, 7) is 18.7. The molecule has 0 aliphatic heterocycles. The molecule has 0 aromatic rings. The maximum atomic E-state index is 6.72. The minimum Gasteiger partial charge on any atom is -0.353 e. The predicted molar refractivity (Wildman–Crippen MR) is 391 cm³/mol. The van der Waals surface area contributed by atoms with Gasteiger partial charge < -0.3 is 33.2 Å². The molecule has 0 saturated carbocycles. The zero-order valence-electron chi connectivity index (χ0n) is 61.6. The Balaban J connectivity index is 5.06. The van der Waals surface area contributed by atoms with Crippen molar-refractivity contribution in [3.05, 3.63) is 24.3 Å². The van der Waals surface area contributed by atoms with E-state index in [4.69, 9.17) is 33.2 Å². The van der Waals surface area contributed by atoms with Gasteiger partial charge in [-0.2, -0.15) is 0 Å². The van der Waals surface area contributed by atoms with Gasteiger partial charge in [-0.1, -0.05) is 362 Å². The highest BCUT2D eigenvalue weighted by Gasteiger charge is 2.15. The summed E-state index contributed by atoms with van der Waals surface area (Å²) in [4.78, 5) is 0. The fraction of sp³-hybridized carbons (Fsp3) is 0.951. The average molecular weight is 1260 g/mol. The monoisotopic (exact) mass is 1260 g/mol. The molecule has 0 aliphatic rings. The summed E-state index contributed by atoms with van der Waals surface area (Å²) < 4.78 is 45.1. The van der Waals surface area contributed by atoms with Gasteiger partial charge in [0.05, 0.1) is 13.2 Å². The molecule has 0 spiro atoms. The van der Waals surface area contributed by atoms with E-state index in [0.717, 1.165) is 78.2 Å². The summed E-state index contributed by atoms with van der Waals surface area (Å²) in [5.74, 6) is 0. The van der Waals surface area contributed by atoms with Crippen LogP contribution in [0.3, 0.4) is 0 Å². The van der Waals surface area contributed by atoms with Crippen LogP contribution in [0.2, 0.25) is 0 Å². The van der Waals surface area contributed by atoms with Crippen LogP contribution in [-0.4, -0.2) is 64.8 Å². The molecular weight excluding hydrogens is 1100 g/mol. The van der Waals surface area contributed by atoms with Gasteiger partial charge in [-0.05, 0) is 102 Å². The Labute approximate surface area is 559 Å². The first-order chi connectivity index (χ1) is 44.1. The van der Waals surface area contributed by atoms with Crippen molar-refractivity contribution in [1.82, 2.24) is 0 Å². The molecule has 2 atom stereocenters. The molecule has 7 heteroatoms. The van der Waals surface area contributed by atoms with Crippen molar-refractivity contribution >= 4 is 0 Å². The third kappa shape index (κ3) is 72.9. The zero-order valence-corrected chi connectivity index (χ0v) is 61.6. The van der Waals surface area contributed by atoms with E-state index in [1.807, 2.05) is 0 Å². The Morgan fingerprint density at radius 2 is 0.371 bits per heavy atom. The van der Waals surface area contributed by atoms with Gasteiger partial charge in [0, 0.05) is 26.4 Å². The molecule has 0 amide bonds. The first kappa shape index (κ1) is 88.2. The van der Waals surface area contributed by atoms with E-state index in [0.29, 0.717) is 0 Å². The topological polar surface area (TPSA) is 64.6 Å². The van der Waals surface area contributed by atoms with Crippen LogP contribution < -0.4 is 0 Å². The van der Waals surface area contributed by atoms with Gasteiger partial charge in [0.2, 0.25) is 0 Å². The molecular formula is C82H162O7. The van der Waals surface area contributed by atoms with Crippen LogP contribution in [0, 0.1) is 0 Å². The molecule has 0 saturated heterocycles. The molecule has 0 heterocycles. The van der Waals surface area contributed by atoms with Gasteiger partial charge in [0.1, 0.15) is 0 Å². The lowest BCUT2D eigenvalue weighted by Crippen LogP contribution is -2.25. The second-order valence-corrected chi connectivity index (χ2v) is 27.4. The average Bonchev–Trinajstić information content (AvgIpc) is 3.64. The second kappa shape index (κ2) is 79.6. The van der Waals surface area contributed by atoms with Crippen LogP contribution in [0.25, 0.3) is 0 Å². The van der Waals surface area contributed by atoms with Crippen LogP contribution in [0.4, 0.5) is 0 Å². The minimum atomic E-state index is -0.380. The molecule has 0 aromatic carbocycles. The van der Waals surface area contributed by atoms with Crippen molar-refractivity contribution in [3.8, 4) is 0 Å². The highest BCUT2D eigenvalue weighted by Crippen LogP contribution is 2.20. The summed E-state index contributed by atoms with van der Waals surface area (Å²) in [5, 5.41) is 0. The van der Waals surface area contributed by atoms with E-state index in [-0.39, 0.29) is 25.2 Å². The van der Waals surface area contributed by atoms with Crippen LogP contribution in [0.5, 0.6) is 0 Å². The van der Waals surface area contributed by atoms with E-state index >= 15 is 0 Å². The molecule has 0 rings (SSSR count). The number of hydrogen-bond donors (Lipinski definition) is 0. The van der Waals surface area contributed by atoms with Crippen molar-refractivity contribution in [2.45, 2.75) is 465 Å². The Kier molecular flexibility index (Phi) is 78.9. The fourth-order valence-electron chi connectivity index (χ4n) is 12.1. The van der Waals surface area contributed by atoms with Crippen LogP contribution in [-0.2, 0) is 33.2 Å². The molecule has 532 valence electrons. The van der Waals surface area contributed by atoms with Crippen molar-refractivity contribution in [2.75, 3.05) is 39.6 Å². The van der Waals surface area contributed by atoms with Gasteiger partial charge >= 0.3 is 0 Å². The quantitative estimate of drug-likeness (QED) is 0.0341. The smallest absolute Gasteiger partial charge is 0.180 e.